The molecular weight excluding hydrogens is 319 g/mol. The van der Waals surface area contributed by atoms with Crippen molar-refractivity contribution < 1.29 is 22.7 Å². The molecule has 0 amide bonds. The molecule has 0 bridgehead atoms. The number of benzene rings is 2. The first kappa shape index (κ1) is 16.2. The lowest BCUT2D eigenvalue weighted by molar-refractivity contribution is -0.275. The number of halogens is 4. The van der Waals surface area contributed by atoms with Gasteiger partial charge in [-0.15, -0.1) is 13.2 Å². The number of hydrogen-bond donors (Lipinski definition) is 0. The first-order chi connectivity index (χ1) is 10.5. The molecule has 0 heterocycles. The van der Waals surface area contributed by atoms with E-state index in [2.05, 4.69) is 9.89 Å². The van der Waals surface area contributed by atoms with Crippen molar-refractivity contribution >= 4 is 17.8 Å². The highest BCUT2D eigenvalue weighted by atomic mass is 35.5. The van der Waals surface area contributed by atoms with E-state index in [-0.39, 0.29) is 17.9 Å². The Hall–Kier alpha value is -2.21. The predicted octanol–water partition coefficient (Wildman–Crippen LogP) is 4.79. The second-order valence-corrected chi connectivity index (χ2v) is 4.59. The van der Waals surface area contributed by atoms with Crippen LogP contribution in [0.4, 0.5) is 13.2 Å². The van der Waals surface area contributed by atoms with E-state index in [0.717, 1.165) is 0 Å². The van der Waals surface area contributed by atoms with Crippen molar-refractivity contribution in [3.63, 3.8) is 0 Å². The van der Waals surface area contributed by atoms with Gasteiger partial charge >= 0.3 is 6.36 Å². The maximum Gasteiger partial charge on any atom is 0.573 e. The van der Waals surface area contributed by atoms with Gasteiger partial charge in [-0.1, -0.05) is 53.2 Å². The quantitative estimate of drug-likeness (QED) is 0.583. The molecule has 22 heavy (non-hydrogen) atoms. The van der Waals surface area contributed by atoms with Crippen LogP contribution in [0.2, 0.25) is 5.02 Å². The summed E-state index contributed by atoms with van der Waals surface area (Å²) >= 11 is 5.93. The summed E-state index contributed by atoms with van der Waals surface area (Å²) in [7, 11) is 0. The van der Waals surface area contributed by atoms with E-state index in [1.165, 1.54) is 24.4 Å². The molecule has 0 atom stereocenters. The summed E-state index contributed by atoms with van der Waals surface area (Å²) in [6, 6.07) is 12.7. The molecule has 0 aromatic heterocycles. The summed E-state index contributed by atoms with van der Waals surface area (Å²) in [6.07, 6.45) is -3.37. The number of alkyl halides is 3. The standard InChI is InChI=1S/C15H11ClF3NO2/c16-13-7-3-1-5-11(13)9-20-21-10-12-6-2-4-8-14(12)22-15(17,18)19/h1-9H,10H2. The van der Waals surface area contributed by atoms with Gasteiger partial charge in [0.15, 0.2) is 0 Å². The van der Waals surface area contributed by atoms with Gasteiger partial charge in [-0.25, -0.2) is 0 Å². The molecule has 0 unspecified atom stereocenters. The molecule has 2 aromatic rings. The number of ether oxygens (including phenoxy) is 1. The monoisotopic (exact) mass is 329 g/mol. The Morgan fingerprint density at radius 2 is 1.73 bits per heavy atom. The Kier molecular flexibility index (Phi) is 5.27. The smallest absolute Gasteiger partial charge is 0.405 e. The third kappa shape index (κ3) is 4.96. The van der Waals surface area contributed by atoms with Crippen molar-refractivity contribution in [2.45, 2.75) is 13.0 Å². The molecule has 0 spiro atoms. The van der Waals surface area contributed by atoms with Crippen molar-refractivity contribution in [1.29, 1.82) is 0 Å². The van der Waals surface area contributed by atoms with E-state index in [4.69, 9.17) is 16.4 Å². The van der Waals surface area contributed by atoms with Crippen LogP contribution in [-0.4, -0.2) is 12.6 Å². The van der Waals surface area contributed by atoms with Crippen molar-refractivity contribution in [3.05, 3.63) is 64.7 Å². The van der Waals surface area contributed by atoms with Crippen molar-refractivity contribution in [2.75, 3.05) is 0 Å². The Balaban J connectivity index is 1.99. The van der Waals surface area contributed by atoms with Gasteiger partial charge in [-0.2, -0.15) is 0 Å². The largest absolute Gasteiger partial charge is 0.573 e. The van der Waals surface area contributed by atoms with Crippen LogP contribution in [0.1, 0.15) is 11.1 Å². The predicted molar refractivity (Wildman–Crippen MR) is 77.0 cm³/mol. The van der Waals surface area contributed by atoms with Crippen molar-refractivity contribution in [3.8, 4) is 5.75 Å². The van der Waals surface area contributed by atoms with Crippen LogP contribution in [0.15, 0.2) is 53.7 Å². The minimum atomic E-state index is -4.75. The molecule has 0 N–H and O–H groups in total. The van der Waals surface area contributed by atoms with Gasteiger partial charge in [0.2, 0.25) is 0 Å². The molecule has 2 aromatic carbocycles. The molecular formula is C15H11ClF3NO2. The average molecular weight is 330 g/mol. The summed E-state index contributed by atoms with van der Waals surface area (Å²) in [4.78, 5) is 5.00. The van der Waals surface area contributed by atoms with Gasteiger partial charge in [0.05, 0.1) is 6.21 Å². The lowest BCUT2D eigenvalue weighted by atomic mass is 10.2. The van der Waals surface area contributed by atoms with Crippen LogP contribution in [-0.2, 0) is 11.4 Å². The fraction of sp³-hybridized carbons (Fsp3) is 0.133. The third-order valence-electron chi connectivity index (χ3n) is 2.59. The van der Waals surface area contributed by atoms with E-state index in [1.807, 2.05) is 0 Å². The van der Waals surface area contributed by atoms with Crippen LogP contribution in [0.25, 0.3) is 0 Å². The summed E-state index contributed by atoms with van der Waals surface area (Å²) < 4.78 is 40.7. The van der Waals surface area contributed by atoms with Gasteiger partial charge in [0.25, 0.3) is 0 Å². The summed E-state index contributed by atoms with van der Waals surface area (Å²) in [6.45, 7) is -0.160. The lowest BCUT2D eigenvalue weighted by Gasteiger charge is -2.12. The number of nitrogens with zero attached hydrogens (tertiary/aromatic N) is 1. The zero-order chi connectivity index (χ0) is 16.0. The Morgan fingerprint density at radius 3 is 2.45 bits per heavy atom. The fourth-order valence-corrected chi connectivity index (χ4v) is 1.81. The maximum atomic E-state index is 12.3. The average Bonchev–Trinajstić information content (AvgIpc) is 2.45. The molecule has 0 aliphatic heterocycles. The van der Waals surface area contributed by atoms with Crippen LogP contribution in [0.5, 0.6) is 5.75 Å². The Bertz CT molecular complexity index is 659. The van der Waals surface area contributed by atoms with Gasteiger partial charge in [-0.3, -0.25) is 0 Å². The molecule has 3 nitrogen and oxygen atoms in total. The van der Waals surface area contributed by atoms with Crippen molar-refractivity contribution in [2.24, 2.45) is 5.16 Å². The topological polar surface area (TPSA) is 30.8 Å². The summed E-state index contributed by atoms with van der Waals surface area (Å²) in [5, 5.41) is 4.19. The van der Waals surface area contributed by atoms with Gasteiger partial charge in [0, 0.05) is 16.1 Å². The third-order valence-corrected chi connectivity index (χ3v) is 2.93. The number of hydrogen-bond acceptors (Lipinski definition) is 3. The highest BCUT2D eigenvalue weighted by molar-refractivity contribution is 6.33. The number of rotatable bonds is 5. The van der Waals surface area contributed by atoms with Crippen LogP contribution < -0.4 is 4.74 Å². The van der Waals surface area contributed by atoms with Crippen LogP contribution >= 0.6 is 11.6 Å². The molecule has 0 aliphatic rings. The minimum absolute atomic E-state index is 0.160. The Labute approximate surface area is 129 Å². The zero-order valence-corrected chi connectivity index (χ0v) is 11.9. The SMILES string of the molecule is FC(F)(F)Oc1ccccc1CON=Cc1ccccc1Cl. The molecule has 7 heteroatoms. The molecule has 0 saturated carbocycles. The number of para-hydroxylation sites is 1. The van der Waals surface area contributed by atoms with Crippen LogP contribution in [0, 0.1) is 0 Å². The van der Waals surface area contributed by atoms with Gasteiger partial charge in [0.1, 0.15) is 12.4 Å². The van der Waals surface area contributed by atoms with Crippen molar-refractivity contribution in [1.82, 2.24) is 0 Å². The lowest BCUT2D eigenvalue weighted by Crippen LogP contribution is -2.18. The highest BCUT2D eigenvalue weighted by Gasteiger charge is 2.32. The van der Waals surface area contributed by atoms with E-state index >= 15 is 0 Å². The molecule has 0 radical (unpaired) electrons. The van der Waals surface area contributed by atoms with E-state index in [9.17, 15) is 13.2 Å². The second kappa shape index (κ2) is 7.17. The van der Waals surface area contributed by atoms with E-state index in [1.54, 1.807) is 30.3 Å². The van der Waals surface area contributed by atoms with E-state index in [0.29, 0.717) is 10.6 Å². The van der Waals surface area contributed by atoms with E-state index < -0.39 is 6.36 Å². The fourth-order valence-electron chi connectivity index (χ4n) is 1.63. The summed E-state index contributed by atoms with van der Waals surface area (Å²) in [5.41, 5.74) is 0.875. The van der Waals surface area contributed by atoms with Gasteiger partial charge in [-0.05, 0) is 12.1 Å². The van der Waals surface area contributed by atoms with Gasteiger partial charge < -0.3 is 9.57 Å². The first-order valence-corrected chi connectivity index (χ1v) is 6.57. The minimum Gasteiger partial charge on any atom is -0.405 e. The molecule has 2 rings (SSSR count). The molecule has 116 valence electrons. The molecule has 0 saturated heterocycles. The number of oxime groups is 1. The highest BCUT2D eigenvalue weighted by Crippen LogP contribution is 2.26. The van der Waals surface area contributed by atoms with Crippen LogP contribution in [0.3, 0.4) is 0 Å². The molecule has 0 aliphatic carbocycles. The Morgan fingerprint density at radius 1 is 1.05 bits per heavy atom. The maximum absolute atomic E-state index is 12.3. The summed E-state index contributed by atoms with van der Waals surface area (Å²) in [5.74, 6) is -0.317. The first-order valence-electron chi connectivity index (χ1n) is 6.19. The zero-order valence-electron chi connectivity index (χ0n) is 11.2. The molecule has 0 fully saturated rings. The second-order valence-electron chi connectivity index (χ2n) is 4.18. The normalized spacial score (nSPS) is 11.6.